The topological polar surface area (TPSA) is 85.8 Å². The molecule has 6 heteroatoms. The molecule has 20 heavy (non-hydrogen) atoms. The van der Waals surface area contributed by atoms with Crippen molar-refractivity contribution >= 4 is 11.6 Å². The highest BCUT2D eigenvalue weighted by Gasteiger charge is 2.09. The van der Waals surface area contributed by atoms with Gasteiger partial charge in [-0.3, -0.25) is 4.79 Å². The van der Waals surface area contributed by atoms with Crippen LogP contribution in [0.3, 0.4) is 0 Å². The molecule has 0 saturated heterocycles. The summed E-state index contributed by atoms with van der Waals surface area (Å²) in [6, 6.07) is 7.50. The molecule has 1 aromatic carbocycles. The first-order valence-corrected chi connectivity index (χ1v) is 6.64. The summed E-state index contributed by atoms with van der Waals surface area (Å²) in [5, 5.41) is 6.99. The van der Waals surface area contributed by atoms with E-state index in [1.54, 1.807) is 11.0 Å². The number of para-hydroxylation sites is 2. The smallest absolute Gasteiger partial charge is 0.224 e. The minimum Gasteiger partial charge on any atom is -0.330 e. The Morgan fingerprint density at radius 1 is 1.45 bits per heavy atom. The molecule has 2 aromatic rings. The van der Waals surface area contributed by atoms with E-state index in [1.165, 1.54) is 6.33 Å². The lowest BCUT2D eigenvalue weighted by atomic mass is 10.1. The van der Waals surface area contributed by atoms with Gasteiger partial charge in [0.25, 0.3) is 0 Å². The van der Waals surface area contributed by atoms with Gasteiger partial charge in [-0.1, -0.05) is 19.1 Å². The zero-order chi connectivity index (χ0) is 14.4. The largest absolute Gasteiger partial charge is 0.330 e. The highest BCUT2D eigenvalue weighted by Crippen LogP contribution is 2.19. The van der Waals surface area contributed by atoms with Gasteiger partial charge < -0.3 is 11.1 Å². The fourth-order valence-corrected chi connectivity index (χ4v) is 1.82. The molecule has 0 fully saturated rings. The lowest BCUT2D eigenvalue weighted by molar-refractivity contribution is -0.116. The van der Waals surface area contributed by atoms with Crippen molar-refractivity contribution in [3.05, 3.63) is 36.9 Å². The van der Waals surface area contributed by atoms with Gasteiger partial charge in [0, 0.05) is 6.42 Å². The third-order valence-electron chi connectivity index (χ3n) is 3.11. The zero-order valence-electron chi connectivity index (χ0n) is 11.5. The third-order valence-corrected chi connectivity index (χ3v) is 3.11. The van der Waals surface area contributed by atoms with Crippen LogP contribution in [0.4, 0.5) is 5.69 Å². The molecule has 3 N–H and O–H groups in total. The second kappa shape index (κ2) is 6.81. The molecule has 1 heterocycles. The lowest BCUT2D eigenvalue weighted by Crippen LogP contribution is -2.17. The molecule has 0 aliphatic carbocycles. The third kappa shape index (κ3) is 3.64. The number of carbonyl (C=O) groups excluding carboxylic acids is 1. The summed E-state index contributed by atoms with van der Waals surface area (Å²) >= 11 is 0. The first-order chi connectivity index (χ1) is 9.70. The number of aromatic nitrogens is 3. The average molecular weight is 273 g/mol. The molecule has 1 aromatic heterocycles. The number of anilines is 1. The zero-order valence-corrected chi connectivity index (χ0v) is 11.5. The highest BCUT2D eigenvalue weighted by atomic mass is 16.1. The summed E-state index contributed by atoms with van der Waals surface area (Å²) in [6.07, 6.45) is 4.31. The van der Waals surface area contributed by atoms with E-state index in [2.05, 4.69) is 15.4 Å². The van der Waals surface area contributed by atoms with Crippen LogP contribution in [-0.2, 0) is 4.79 Å². The van der Waals surface area contributed by atoms with E-state index in [0.29, 0.717) is 18.9 Å². The predicted octanol–water partition coefficient (Wildman–Crippen LogP) is 1.58. The summed E-state index contributed by atoms with van der Waals surface area (Å²) in [7, 11) is 0. The van der Waals surface area contributed by atoms with Crippen LogP contribution < -0.4 is 11.1 Å². The van der Waals surface area contributed by atoms with Gasteiger partial charge in [0.05, 0.1) is 11.4 Å². The molecule has 106 valence electrons. The van der Waals surface area contributed by atoms with Gasteiger partial charge >= 0.3 is 0 Å². The van der Waals surface area contributed by atoms with Crippen LogP contribution in [0.25, 0.3) is 5.69 Å². The van der Waals surface area contributed by atoms with Gasteiger partial charge in [0.1, 0.15) is 12.7 Å². The van der Waals surface area contributed by atoms with Crippen molar-refractivity contribution in [1.29, 1.82) is 0 Å². The van der Waals surface area contributed by atoms with Crippen LogP contribution in [0.2, 0.25) is 0 Å². The van der Waals surface area contributed by atoms with E-state index in [4.69, 9.17) is 5.73 Å². The van der Waals surface area contributed by atoms with Gasteiger partial charge in [-0.15, -0.1) is 0 Å². The van der Waals surface area contributed by atoms with E-state index in [1.807, 2.05) is 31.2 Å². The van der Waals surface area contributed by atoms with Crippen molar-refractivity contribution in [1.82, 2.24) is 14.8 Å². The minimum atomic E-state index is -0.0159. The maximum atomic E-state index is 12.0. The van der Waals surface area contributed by atoms with Crippen LogP contribution in [-0.4, -0.2) is 27.2 Å². The molecule has 2 rings (SSSR count). The Morgan fingerprint density at radius 3 is 2.95 bits per heavy atom. The van der Waals surface area contributed by atoms with Crippen LogP contribution in [0.1, 0.15) is 19.8 Å². The molecule has 0 aliphatic rings. The number of hydrogen-bond acceptors (Lipinski definition) is 4. The molecular formula is C14H19N5O. The Bertz CT molecular complexity index is 552. The maximum Gasteiger partial charge on any atom is 0.224 e. The van der Waals surface area contributed by atoms with Gasteiger partial charge in [0.2, 0.25) is 5.91 Å². The Labute approximate surface area is 118 Å². The Balaban J connectivity index is 2.04. The van der Waals surface area contributed by atoms with E-state index >= 15 is 0 Å². The molecular weight excluding hydrogens is 254 g/mol. The van der Waals surface area contributed by atoms with E-state index < -0.39 is 0 Å². The van der Waals surface area contributed by atoms with Crippen LogP contribution in [0.15, 0.2) is 36.9 Å². The fraction of sp³-hybridized carbons (Fsp3) is 0.357. The van der Waals surface area contributed by atoms with E-state index in [0.717, 1.165) is 17.8 Å². The van der Waals surface area contributed by atoms with Crippen molar-refractivity contribution in [2.24, 2.45) is 11.7 Å². The second-order valence-electron chi connectivity index (χ2n) is 4.78. The monoisotopic (exact) mass is 273 g/mol. The highest BCUT2D eigenvalue weighted by molar-refractivity contribution is 5.92. The summed E-state index contributed by atoms with van der Waals surface area (Å²) in [4.78, 5) is 15.9. The first-order valence-electron chi connectivity index (χ1n) is 6.64. The first kappa shape index (κ1) is 14.2. The molecule has 1 unspecified atom stereocenters. The Hall–Kier alpha value is -2.21. The van der Waals surface area contributed by atoms with Crippen molar-refractivity contribution < 1.29 is 4.79 Å². The van der Waals surface area contributed by atoms with Crippen molar-refractivity contribution in [3.63, 3.8) is 0 Å². The molecule has 1 amide bonds. The number of nitrogens with one attached hydrogen (secondary N) is 1. The maximum absolute atomic E-state index is 12.0. The molecule has 0 saturated carbocycles. The summed E-state index contributed by atoms with van der Waals surface area (Å²) in [5.74, 6) is 0.337. The number of benzene rings is 1. The van der Waals surface area contributed by atoms with Gasteiger partial charge in [-0.2, -0.15) is 5.10 Å². The summed E-state index contributed by atoms with van der Waals surface area (Å²) in [6.45, 7) is 2.64. The predicted molar refractivity (Wildman–Crippen MR) is 77.4 cm³/mol. The van der Waals surface area contributed by atoms with Crippen LogP contribution in [0.5, 0.6) is 0 Å². The van der Waals surface area contributed by atoms with Crippen molar-refractivity contribution in [2.45, 2.75) is 19.8 Å². The van der Waals surface area contributed by atoms with Crippen molar-refractivity contribution in [3.8, 4) is 5.69 Å². The molecule has 1 atom stereocenters. The van der Waals surface area contributed by atoms with Crippen molar-refractivity contribution in [2.75, 3.05) is 11.9 Å². The number of nitrogens with zero attached hydrogens (tertiary/aromatic N) is 3. The normalized spacial score (nSPS) is 12.1. The van der Waals surface area contributed by atoms with E-state index in [9.17, 15) is 4.79 Å². The average Bonchev–Trinajstić information content (AvgIpc) is 2.99. The molecule has 0 aliphatic heterocycles. The van der Waals surface area contributed by atoms with Crippen LogP contribution >= 0.6 is 0 Å². The number of rotatable bonds is 6. The summed E-state index contributed by atoms with van der Waals surface area (Å²) < 4.78 is 1.62. The van der Waals surface area contributed by atoms with Crippen LogP contribution in [0, 0.1) is 5.92 Å². The quantitative estimate of drug-likeness (QED) is 0.836. The molecule has 6 nitrogen and oxygen atoms in total. The van der Waals surface area contributed by atoms with Gasteiger partial charge in [-0.25, -0.2) is 9.67 Å². The number of amides is 1. The number of hydrogen-bond donors (Lipinski definition) is 2. The van der Waals surface area contributed by atoms with Gasteiger partial charge in [-0.05, 0) is 31.0 Å². The van der Waals surface area contributed by atoms with Gasteiger partial charge in [0.15, 0.2) is 0 Å². The SMILES string of the molecule is CC(CN)CCC(=O)Nc1ccccc1-n1cncn1. The summed E-state index contributed by atoms with van der Waals surface area (Å²) in [5.41, 5.74) is 7.07. The molecule has 0 radical (unpaired) electrons. The molecule has 0 bridgehead atoms. The number of carbonyl (C=O) groups is 1. The minimum absolute atomic E-state index is 0.0159. The fourth-order valence-electron chi connectivity index (χ4n) is 1.82. The standard InChI is InChI=1S/C14H19N5O/c1-11(8-15)6-7-14(20)18-12-4-2-3-5-13(12)19-10-16-9-17-19/h2-5,9-11H,6-8,15H2,1H3,(H,18,20). The van der Waals surface area contributed by atoms with E-state index in [-0.39, 0.29) is 5.91 Å². The molecule has 0 spiro atoms. The Kier molecular flexibility index (Phi) is 4.84. The second-order valence-corrected chi connectivity index (χ2v) is 4.78. The Morgan fingerprint density at radius 2 is 2.25 bits per heavy atom. The lowest BCUT2D eigenvalue weighted by Gasteiger charge is -2.12. The number of nitrogens with two attached hydrogens (primary N) is 1.